The van der Waals surface area contributed by atoms with Crippen molar-refractivity contribution in [3.05, 3.63) is 0 Å². The molecule has 0 atom stereocenters. The van der Waals surface area contributed by atoms with E-state index in [2.05, 4.69) is 0 Å². The van der Waals surface area contributed by atoms with Gasteiger partial charge in [0.15, 0.2) is 0 Å². The van der Waals surface area contributed by atoms with Crippen LogP contribution in [0.15, 0.2) is 0 Å². The zero-order valence-corrected chi connectivity index (χ0v) is 8.01. The van der Waals surface area contributed by atoms with E-state index in [-0.39, 0.29) is 19.5 Å². The van der Waals surface area contributed by atoms with Gasteiger partial charge in [-0.05, 0) is 6.92 Å². The molecule has 0 aromatic heterocycles. The molecule has 15 heavy (non-hydrogen) atoms. The first-order valence-electron chi connectivity index (χ1n) is 4.20. The van der Waals surface area contributed by atoms with Gasteiger partial charge in [0.2, 0.25) is 0 Å². The number of nitriles is 1. The first kappa shape index (κ1) is 13.7. The molecular weight excluding hydrogens is 216 g/mol. The quantitative estimate of drug-likeness (QED) is 0.669. The summed E-state index contributed by atoms with van der Waals surface area (Å²) in [6.45, 7) is 0.966. The third-order valence-corrected chi connectivity index (χ3v) is 1.72. The summed E-state index contributed by atoms with van der Waals surface area (Å²) >= 11 is 0. The van der Waals surface area contributed by atoms with Crippen LogP contribution in [0.25, 0.3) is 0 Å². The number of hydrogen-bond acceptors (Lipinski definition) is 2. The van der Waals surface area contributed by atoms with Gasteiger partial charge in [0, 0.05) is 13.1 Å². The predicted octanol–water partition coefficient (Wildman–Crippen LogP) is 1.65. The van der Waals surface area contributed by atoms with Gasteiger partial charge in [0.1, 0.15) is 0 Å². The molecule has 0 aromatic carbocycles. The van der Waals surface area contributed by atoms with Gasteiger partial charge in [-0.1, -0.05) is 0 Å². The van der Waals surface area contributed by atoms with Crippen molar-refractivity contribution in [1.82, 2.24) is 4.90 Å². The summed E-state index contributed by atoms with van der Waals surface area (Å²) in [5.41, 5.74) is 0. The van der Waals surface area contributed by atoms with E-state index in [0.717, 1.165) is 0 Å². The number of halogens is 4. The maximum Gasteiger partial charge on any atom is 0.383 e. The molecule has 0 heterocycles. The van der Waals surface area contributed by atoms with Crippen LogP contribution >= 0.6 is 0 Å². The highest BCUT2D eigenvalue weighted by Crippen LogP contribution is 2.25. The van der Waals surface area contributed by atoms with Crippen molar-refractivity contribution in [3.63, 3.8) is 0 Å². The smallest absolute Gasteiger partial charge is 0.337 e. The molecule has 0 unspecified atom stereocenters. The van der Waals surface area contributed by atoms with E-state index in [0.29, 0.717) is 4.90 Å². The molecule has 0 radical (unpaired) electrons. The summed E-state index contributed by atoms with van der Waals surface area (Å²) < 4.78 is 48.8. The predicted molar refractivity (Wildman–Crippen MR) is 43.4 cm³/mol. The van der Waals surface area contributed by atoms with Gasteiger partial charge in [-0.25, -0.2) is 8.78 Å². The number of amides is 1. The van der Waals surface area contributed by atoms with Gasteiger partial charge >= 0.3 is 12.3 Å². The second-order valence-electron chi connectivity index (χ2n) is 2.72. The minimum Gasteiger partial charge on any atom is -0.337 e. The average Bonchev–Trinajstić information content (AvgIpc) is 2.18. The Morgan fingerprint density at radius 1 is 1.53 bits per heavy atom. The van der Waals surface area contributed by atoms with Crippen LogP contribution in [-0.4, -0.2) is 36.2 Å². The number of carbonyl (C=O) groups is 1. The molecule has 86 valence electrons. The molecule has 1 amide bonds. The number of rotatable bonds is 5. The van der Waals surface area contributed by atoms with Crippen molar-refractivity contribution in [2.75, 3.05) is 13.1 Å². The van der Waals surface area contributed by atoms with Crippen molar-refractivity contribution >= 4 is 5.91 Å². The number of hydrogen-bond donors (Lipinski definition) is 0. The highest BCUT2D eigenvalue weighted by atomic mass is 19.3. The summed E-state index contributed by atoms with van der Waals surface area (Å²) in [6.07, 6.45) is -4.19. The van der Waals surface area contributed by atoms with E-state index < -0.39 is 18.3 Å². The molecule has 7 heteroatoms. The van der Waals surface area contributed by atoms with Crippen LogP contribution in [0.5, 0.6) is 0 Å². The molecule has 0 spiro atoms. The molecule has 0 rings (SSSR count). The van der Waals surface area contributed by atoms with Crippen LogP contribution in [0.4, 0.5) is 17.6 Å². The molecular formula is C8H10F4N2O. The molecule has 0 fully saturated rings. The molecule has 0 saturated heterocycles. The number of alkyl halides is 4. The molecule has 0 aliphatic rings. The third-order valence-electron chi connectivity index (χ3n) is 1.72. The second-order valence-corrected chi connectivity index (χ2v) is 2.72. The van der Waals surface area contributed by atoms with Gasteiger partial charge in [-0.2, -0.15) is 14.0 Å². The van der Waals surface area contributed by atoms with Crippen molar-refractivity contribution < 1.29 is 22.4 Å². The van der Waals surface area contributed by atoms with E-state index >= 15 is 0 Å². The molecule has 0 aromatic rings. The summed E-state index contributed by atoms with van der Waals surface area (Å²) in [6, 6.07) is 1.64. The van der Waals surface area contributed by atoms with Crippen LogP contribution in [0.3, 0.4) is 0 Å². The highest BCUT2D eigenvalue weighted by molar-refractivity contribution is 5.84. The molecule has 0 N–H and O–H groups in total. The standard InChI is InChI=1S/C8H10F4N2O/c1-2-14(5-3-4-13)7(15)8(11,12)6(9)10/h6H,2-3,5H2,1H3. The summed E-state index contributed by atoms with van der Waals surface area (Å²) in [4.78, 5) is 11.5. The van der Waals surface area contributed by atoms with E-state index in [4.69, 9.17) is 5.26 Å². The maximum absolute atomic E-state index is 12.6. The Kier molecular flexibility index (Phi) is 5.05. The Morgan fingerprint density at radius 2 is 2.07 bits per heavy atom. The number of nitrogens with zero attached hydrogens (tertiary/aromatic N) is 2. The Morgan fingerprint density at radius 3 is 2.40 bits per heavy atom. The van der Waals surface area contributed by atoms with Crippen molar-refractivity contribution in [1.29, 1.82) is 5.26 Å². The van der Waals surface area contributed by atoms with Crippen LogP contribution in [0.1, 0.15) is 13.3 Å². The lowest BCUT2D eigenvalue weighted by Gasteiger charge is -2.24. The van der Waals surface area contributed by atoms with Crippen molar-refractivity contribution in [3.8, 4) is 6.07 Å². The summed E-state index contributed by atoms with van der Waals surface area (Å²) in [7, 11) is 0. The normalized spacial score (nSPS) is 11.3. The topological polar surface area (TPSA) is 44.1 Å². The van der Waals surface area contributed by atoms with E-state index in [9.17, 15) is 22.4 Å². The van der Waals surface area contributed by atoms with Crippen molar-refractivity contribution in [2.24, 2.45) is 0 Å². The zero-order valence-electron chi connectivity index (χ0n) is 8.01. The first-order chi connectivity index (χ1) is 6.87. The summed E-state index contributed by atoms with van der Waals surface area (Å²) in [5.74, 6) is -6.61. The average molecular weight is 226 g/mol. The lowest BCUT2D eigenvalue weighted by molar-refractivity contribution is -0.180. The van der Waals surface area contributed by atoms with Gasteiger partial charge < -0.3 is 4.90 Å². The molecule has 0 saturated carbocycles. The van der Waals surface area contributed by atoms with E-state index in [1.54, 1.807) is 6.07 Å². The molecule has 3 nitrogen and oxygen atoms in total. The Balaban J connectivity index is 4.58. The van der Waals surface area contributed by atoms with Crippen LogP contribution in [0.2, 0.25) is 0 Å². The fraction of sp³-hybridized carbons (Fsp3) is 0.750. The fourth-order valence-electron chi connectivity index (χ4n) is 0.892. The van der Waals surface area contributed by atoms with Gasteiger partial charge in [-0.3, -0.25) is 4.79 Å². The molecule has 0 bridgehead atoms. The first-order valence-corrected chi connectivity index (χ1v) is 4.20. The molecule has 0 aliphatic carbocycles. The third kappa shape index (κ3) is 3.38. The monoisotopic (exact) mass is 226 g/mol. The van der Waals surface area contributed by atoms with E-state index in [1.807, 2.05) is 0 Å². The molecule has 0 aliphatic heterocycles. The number of carbonyl (C=O) groups excluding carboxylic acids is 1. The van der Waals surface area contributed by atoms with Crippen LogP contribution < -0.4 is 0 Å². The summed E-state index contributed by atoms with van der Waals surface area (Å²) in [5, 5.41) is 8.18. The van der Waals surface area contributed by atoms with Crippen LogP contribution in [-0.2, 0) is 4.79 Å². The largest absolute Gasteiger partial charge is 0.383 e. The minimum absolute atomic E-state index is 0.136. The minimum atomic E-state index is -4.68. The Labute approximate surface area is 84.3 Å². The van der Waals surface area contributed by atoms with Gasteiger partial charge in [-0.15, -0.1) is 0 Å². The maximum atomic E-state index is 12.6. The fourth-order valence-corrected chi connectivity index (χ4v) is 0.892. The SMILES string of the molecule is CCN(CCC#N)C(=O)C(F)(F)C(F)F. The van der Waals surface area contributed by atoms with Gasteiger partial charge in [0.25, 0.3) is 5.91 Å². The van der Waals surface area contributed by atoms with E-state index in [1.165, 1.54) is 6.92 Å². The highest BCUT2D eigenvalue weighted by Gasteiger charge is 2.50. The van der Waals surface area contributed by atoms with Crippen LogP contribution in [0, 0.1) is 11.3 Å². The zero-order chi connectivity index (χ0) is 12.1. The van der Waals surface area contributed by atoms with Gasteiger partial charge in [0.05, 0.1) is 12.5 Å². The Bertz CT molecular complexity index is 262. The second kappa shape index (κ2) is 5.53. The van der Waals surface area contributed by atoms with Crippen molar-refractivity contribution in [2.45, 2.75) is 25.7 Å². The Hall–Kier alpha value is -1.32. The lowest BCUT2D eigenvalue weighted by Crippen LogP contribution is -2.47. The lowest BCUT2D eigenvalue weighted by atomic mass is 10.2.